The van der Waals surface area contributed by atoms with Gasteiger partial charge in [0.2, 0.25) is 0 Å². The van der Waals surface area contributed by atoms with Gasteiger partial charge in [0.25, 0.3) is 5.56 Å². The number of amides is 2. The van der Waals surface area contributed by atoms with Crippen LogP contribution in [0.1, 0.15) is 26.5 Å². The Labute approximate surface area is 271 Å². The van der Waals surface area contributed by atoms with Gasteiger partial charge in [0.15, 0.2) is 0 Å². The first-order valence-electron chi connectivity index (χ1n) is 15.6. The van der Waals surface area contributed by atoms with Crippen molar-refractivity contribution in [3.05, 3.63) is 95.3 Å². The summed E-state index contributed by atoms with van der Waals surface area (Å²) < 4.78 is 3.25. The van der Waals surface area contributed by atoms with Gasteiger partial charge in [0.05, 0.1) is 16.9 Å². The molecular weight excluding hydrogens is 592 g/mol. The standard InChI is InChI=1S/C35H36N10O2/c1-35(2,3)29-19-31(45(42-29)26-9-10-28-23(17-26)8-11-30(40-28)44-14-12-36-13-15-44)41-34(47)39-25-7-5-6-22(16-25)27-18-24-20-37-21-38-32(24)43(4)33(27)46/h5-11,16-21,36H,12-15H2,1-4H3,(H2,39,41,47). The van der Waals surface area contributed by atoms with Gasteiger partial charge in [-0.3, -0.25) is 14.7 Å². The van der Waals surface area contributed by atoms with Crippen LogP contribution in [0.5, 0.6) is 0 Å². The van der Waals surface area contributed by atoms with Crippen molar-refractivity contribution in [3.8, 4) is 16.8 Å². The molecule has 12 nitrogen and oxygen atoms in total. The number of carbonyl (C=O) groups is 1. The van der Waals surface area contributed by atoms with Crippen LogP contribution in [-0.2, 0) is 12.5 Å². The number of fused-ring (bicyclic) bond motifs is 2. The second-order valence-corrected chi connectivity index (χ2v) is 12.7. The summed E-state index contributed by atoms with van der Waals surface area (Å²) in [5, 5.41) is 15.9. The first kappa shape index (κ1) is 30.1. The molecule has 238 valence electrons. The van der Waals surface area contributed by atoms with Crippen molar-refractivity contribution in [2.45, 2.75) is 26.2 Å². The Kier molecular flexibility index (Phi) is 7.64. The number of rotatable bonds is 5. The second-order valence-electron chi connectivity index (χ2n) is 12.7. The van der Waals surface area contributed by atoms with Gasteiger partial charge in [-0.25, -0.2) is 24.4 Å². The number of hydrogen-bond donors (Lipinski definition) is 3. The summed E-state index contributed by atoms with van der Waals surface area (Å²) in [7, 11) is 1.68. The number of aryl methyl sites for hydroxylation is 1. The molecule has 2 amide bonds. The fraction of sp³-hybridized carbons (Fsp3) is 0.257. The molecule has 0 radical (unpaired) electrons. The molecule has 1 fully saturated rings. The van der Waals surface area contributed by atoms with Gasteiger partial charge in [-0.2, -0.15) is 5.10 Å². The maximum absolute atomic E-state index is 13.4. The van der Waals surface area contributed by atoms with Gasteiger partial charge in [-0.15, -0.1) is 0 Å². The van der Waals surface area contributed by atoms with E-state index < -0.39 is 6.03 Å². The predicted molar refractivity (Wildman–Crippen MR) is 186 cm³/mol. The number of aromatic nitrogens is 6. The molecule has 1 aliphatic rings. The third-order valence-corrected chi connectivity index (χ3v) is 8.37. The summed E-state index contributed by atoms with van der Waals surface area (Å²) in [6.07, 6.45) is 3.09. The Morgan fingerprint density at radius 2 is 1.77 bits per heavy atom. The highest BCUT2D eigenvalue weighted by atomic mass is 16.2. The van der Waals surface area contributed by atoms with E-state index >= 15 is 0 Å². The normalized spacial score (nSPS) is 13.7. The molecule has 0 aliphatic carbocycles. The lowest BCUT2D eigenvalue weighted by molar-refractivity contribution is 0.262. The zero-order valence-electron chi connectivity index (χ0n) is 26.8. The van der Waals surface area contributed by atoms with Gasteiger partial charge < -0.3 is 15.5 Å². The van der Waals surface area contributed by atoms with Crippen molar-refractivity contribution in [2.75, 3.05) is 41.7 Å². The summed E-state index contributed by atoms with van der Waals surface area (Å²) in [5.74, 6) is 1.50. The quantitative estimate of drug-likeness (QED) is 0.241. The molecule has 0 unspecified atom stereocenters. The number of hydrogen-bond acceptors (Lipinski definition) is 8. The second kappa shape index (κ2) is 12.0. The Balaban J connectivity index is 1.16. The van der Waals surface area contributed by atoms with E-state index in [4.69, 9.17) is 10.1 Å². The maximum atomic E-state index is 13.4. The van der Waals surface area contributed by atoms with E-state index in [0.717, 1.165) is 59.7 Å². The zero-order valence-corrected chi connectivity index (χ0v) is 26.8. The van der Waals surface area contributed by atoms with Crippen LogP contribution < -0.4 is 26.4 Å². The van der Waals surface area contributed by atoms with Gasteiger partial charge in [-0.05, 0) is 54.1 Å². The maximum Gasteiger partial charge on any atom is 0.324 e. The molecule has 1 aliphatic heterocycles. The minimum absolute atomic E-state index is 0.193. The van der Waals surface area contributed by atoms with Gasteiger partial charge >= 0.3 is 6.03 Å². The van der Waals surface area contributed by atoms with Gasteiger partial charge in [0.1, 0.15) is 23.6 Å². The van der Waals surface area contributed by atoms with Crippen LogP contribution in [0.15, 0.2) is 84.0 Å². The SMILES string of the molecule is Cn1c(=O)c(-c2cccc(NC(=O)Nc3cc(C(C)(C)C)nn3-c3ccc4nc(N5CCNCC5)ccc4c3)c2)cc2cncnc21. The van der Waals surface area contributed by atoms with Crippen LogP contribution in [0.25, 0.3) is 38.8 Å². The third-order valence-electron chi connectivity index (χ3n) is 8.37. The largest absolute Gasteiger partial charge is 0.354 e. The number of pyridine rings is 2. The minimum Gasteiger partial charge on any atom is -0.354 e. The molecule has 0 saturated carbocycles. The van der Waals surface area contributed by atoms with Crippen LogP contribution >= 0.6 is 0 Å². The molecule has 5 heterocycles. The number of urea groups is 1. The molecule has 12 heteroatoms. The number of benzene rings is 2. The fourth-order valence-electron chi connectivity index (χ4n) is 5.80. The lowest BCUT2D eigenvalue weighted by Crippen LogP contribution is -2.43. The molecule has 0 atom stereocenters. The summed E-state index contributed by atoms with van der Waals surface area (Å²) in [6.45, 7) is 10.0. The van der Waals surface area contributed by atoms with E-state index in [9.17, 15) is 9.59 Å². The lowest BCUT2D eigenvalue weighted by atomic mass is 9.92. The van der Waals surface area contributed by atoms with E-state index in [1.165, 1.54) is 10.9 Å². The molecule has 1 saturated heterocycles. The summed E-state index contributed by atoms with van der Waals surface area (Å²) >= 11 is 0. The molecule has 0 spiro atoms. The summed E-state index contributed by atoms with van der Waals surface area (Å²) in [5.41, 5.74) is 4.33. The van der Waals surface area contributed by atoms with Crippen molar-refractivity contribution >= 4 is 45.3 Å². The Morgan fingerprint density at radius 3 is 2.57 bits per heavy atom. The molecule has 7 rings (SSSR count). The number of piperazine rings is 1. The van der Waals surface area contributed by atoms with Gasteiger partial charge in [-0.1, -0.05) is 32.9 Å². The van der Waals surface area contributed by atoms with Crippen LogP contribution in [0.2, 0.25) is 0 Å². The van der Waals surface area contributed by atoms with E-state index in [0.29, 0.717) is 28.3 Å². The monoisotopic (exact) mass is 628 g/mol. The first-order chi connectivity index (χ1) is 22.6. The number of carbonyl (C=O) groups excluding carboxylic acids is 1. The molecule has 6 aromatic rings. The van der Waals surface area contributed by atoms with E-state index in [1.807, 2.05) is 30.3 Å². The van der Waals surface area contributed by atoms with E-state index in [-0.39, 0.29) is 11.0 Å². The van der Waals surface area contributed by atoms with Gasteiger partial charge in [0, 0.05) is 72.9 Å². The number of anilines is 3. The molecular formula is C35H36N10O2. The van der Waals surface area contributed by atoms with E-state index in [2.05, 4.69) is 63.7 Å². The summed E-state index contributed by atoms with van der Waals surface area (Å²) in [6, 6.07) is 20.6. The van der Waals surface area contributed by atoms with Crippen molar-refractivity contribution in [1.82, 2.24) is 34.6 Å². The fourth-order valence-corrected chi connectivity index (χ4v) is 5.80. The van der Waals surface area contributed by atoms with E-state index in [1.54, 1.807) is 42.2 Å². The lowest BCUT2D eigenvalue weighted by Gasteiger charge is -2.28. The highest BCUT2D eigenvalue weighted by molar-refractivity contribution is 6.00. The van der Waals surface area contributed by atoms with Crippen molar-refractivity contribution < 1.29 is 4.79 Å². The Hall–Kier alpha value is -5.62. The predicted octanol–water partition coefficient (Wildman–Crippen LogP) is 5.08. The molecule has 2 aromatic carbocycles. The number of nitrogens with zero attached hydrogens (tertiary/aromatic N) is 7. The molecule has 3 N–H and O–H groups in total. The average molecular weight is 629 g/mol. The Morgan fingerprint density at radius 1 is 0.936 bits per heavy atom. The van der Waals surface area contributed by atoms with Crippen LogP contribution in [0.3, 0.4) is 0 Å². The first-order valence-corrected chi connectivity index (χ1v) is 15.6. The molecule has 47 heavy (non-hydrogen) atoms. The third kappa shape index (κ3) is 6.02. The summed E-state index contributed by atoms with van der Waals surface area (Å²) in [4.78, 5) is 42.1. The zero-order chi connectivity index (χ0) is 32.7. The van der Waals surface area contributed by atoms with Crippen molar-refractivity contribution in [1.29, 1.82) is 0 Å². The van der Waals surface area contributed by atoms with Crippen LogP contribution in [0, 0.1) is 0 Å². The highest BCUT2D eigenvalue weighted by Crippen LogP contribution is 2.29. The highest BCUT2D eigenvalue weighted by Gasteiger charge is 2.22. The average Bonchev–Trinajstić information content (AvgIpc) is 3.51. The minimum atomic E-state index is -0.438. The molecule has 4 aromatic heterocycles. The smallest absolute Gasteiger partial charge is 0.324 e. The number of nitrogens with one attached hydrogen (secondary N) is 3. The van der Waals surface area contributed by atoms with Crippen LogP contribution in [-0.4, -0.2) is 61.5 Å². The molecule has 0 bridgehead atoms. The van der Waals surface area contributed by atoms with Crippen molar-refractivity contribution in [3.63, 3.8) is 0 Å². The topological polar surface area (TPSA) is 135 Å². The van der Waals surface area contributed by atoms with Crippen molar-refractivity contribution in [2.24, 2.45) is 7.05 Å². The Bertz CT molecular complexity index is 2190. The van der Waals surface area contributed by atoms with Crippen LogP contribution in [0.4, 0.5) is 22.1 Å².